The Balaban J connectivity index is 1.65. The first-order valence-electron chi connectivity index (χ1n) is 8.95. The topological polar surface area (TPSA) is 61.4 Å². The smallest absolute Gasteiger partial charge is 0.317 e. The number of carbonyl (C=O) groups is 1. The normalized spacial score (nSPS) is 15.7. The Bertz CT molecular complexity index is 761. The Morgan fingerprint density at radius 1 is 1.23 bits per heavy atom. The quantitative estimate of drug-likeness (QED) is 0.914. The minimum absolute atomic E-state index is 0.0119. The summed E-state index contributed by atoms with van der Waals surface area (Å²) in [6, 6.07) is 8.40. The molecule has 26 heavy (non-hydrogen) atoms. The number of benzene rings is 1. The Morgan fingerprint density at radius 2 is 2.00 bits per heavy atom. The number of nitrogens with one attached hydrogen (secondary N) is 1. The lowest BCUT2D eigenvalue weighted by Gasteiger charge is -2.35. The summed E-state index contributed by atoms with van der Waals surface area (Å²) in [5, 5.41) is 3.00. The van der Waals surface area contributed by atoms with E-state index in [0.717, 1.165) is 17.8 Å². The van der Waals surface area contributed by atoms with Crippen LogP contribution in [0, 0.1) is 5.82 Å². The number of amides is 2. The maximum Gasteiger partial charge on any atom is 0.317 e. The second-order valence-electron chi connectivity index (χ2n) is 6.50. The molecule has 0 aliphatic carbocycles. The largest absolute Gasteiger partial charge is 0.353 e. The Kier molecular flexibility index (Phi) is 5.65. The first-order valence-corrected chi connectivity index (χ1v) is 8.95. The number of rotatable bonds is 4. The zero-order valence-corrected chi connectivity index (χ0v) is 15.2. The van der Waals surface area contributed by atoms with E-state index in [0.29, 0.717) is 31.9 Å². The first kappa shape index (κ1) is 18.1. The fourth-order valence-corrected chi connectivity index (χ4v) is 2.87. The number of urea groups is 1. The van der Waals surface area contributed by atoms with Gasteiger partial charge in [0.25, 0.3) is 0 Å². The lowest BCUT2D eigenvalue weighted by Crippen LogP contribution is -2.53. The van der Waals surface area contributed by atoms with E-state index in [4.69, 9.17) is 0 Å². The van der Waals surface area contributed by atoms with Crippen LogP contribution in [-0.4, -0.2) is 53.1 Å². The van der Waals surface area contributed by atoms with Crippen molar-refractivity contribution in [1.29, 1.82) is 0 Å². The third kappa shape index (κ3) is 4.28. The van der Waals surface area contributed by atoms with Gasteiger partial charge in [-0.1, -0.05) is 19.1 Å². The van der Waals surface area contributed by atoms with Crippen LogP contribution in [0.1, 0.15) is 20.3 Å². The summed E-state index contributed by atoms with van der Waals surface area (Å²) in [4.78, 5) is 24.8. The van der Waals surface area contributed by atoms with Crippen molar-refractivity contribution >= 4 is 11.8 Å². The van der Waals surface area contributed by atoms with Gasteiger partial charge in [0.1, 0.15) is 18.0 Å². The van der Waals surface area contributed by atoms with Gasteiger partial charge in [-0.3, -0.25) is 0 Å². The highest BCUT2D eigenvalue weighted by molar-refractivity contribution is 5.75. The van der Waals surface area contributed by atoms with Crippen molar-refractivity contribution in [1.82, 2.24) is 20.2 Å². The van der Waals surface area contributed by atoms with Crippen LogP contribution in [0.15, 0.2) is 36.7 Å². The summed E-state index contributed by atoms with van der Waals surface area (Å²) < 4.78 is 13.4. The number of piperazine rings is 1. The van der Waals surface area contributed by atoms with Crippen molar-refractivity contribution in [3.63, 3.8) is 0 Å². The van der Waals surface area contributed by atoms with Gasteiger partial charge in [0.05, 0.1) is 5.69 Å². The van der Waals surface area contributed by atoms with Gasteiger partial charge in [0, 0.05) is 43.9 Å². The monoisotopic (exact) mass is 357 g/mol. The van der Waals surface area contributed by atoms with Gasteiger partial charge in [-0.05, 0) is 25.5 Å². The molecule has 138 valence electrons. The number of nitrogens with zero attached hydrogens (tertiary/aromatic N) is 4. The van der Waals surface area contributed by atoms with E-state index in [2.05, 4.69) is 20.2 Å². The predicted octanol–water partition coefficient (Wildman–Crippen LogP) is 2.91. The van der Waals surface area contributed by atoms with Crippen molar-refractivity contribution < 1.29 is 9.18 Å². The molecular formula is C19H24FN5O. The SMILES string of the molecule is CCC(C)NC(=O)N1CCN(c2cc(-c3cccc(F)c3)ncn2)CC1. The van der Waals surface area contributed by atoms with Crippen LogP contribution in [0.2, 0.25) is 0 Å². The summed E-state index contributed by atoms with van der Waals surface area (Å²) in [5.74, 6) is 0.504. The summed E-state index contributed by atoms with van der Waals surface area (Å²) in [6.07, 6.45) is 2.41. The van der Waals surface area contributed by atoms with Crippen molar-refractivity contribution in [2.75, 3.05) is 31.1 Å². The molecule has 2 heterocycles. The van der Waals surface area contributed by atoms with Crippen molar-refractivity contribution in [3.05, 3.63) is 42.5 Å². The molecule has 1 saturated heterocycles. The second-order valence-corrected chi connectivity index (χ2v) is 6.50. The van der Waals surface area contributed by atoms with Gasteiger partial charge < -0.3 is 15.1 Å². The molecule has 0 bridgehead atoms. The molecule has 1 unspecified atom stereocenters. The molecule has 0 spiro atoms. The van der Waals surface area contributed by atoms with Crippen molar-refractivity contribution in [2.24, 2.45) is 0 Å². The van der Waals surface area contributed by atoms with E-state index in [1.54, 1.807) is 6.07 Å². The number of hydrogen-bond donors (Lipinski definition) is 1. The Morgan fingerprint density at radius 3 is 2.69 bits per heavy atom. The van der Waals surface area contributed by atoms with Gasteiger partial charge in [-0.2, -0.15) is 0 Å². The van der Waals surface area contributed by atoms with Crippen LogP contribution >= 0.6 is 0 Å². The molecule has 6 nitrogen and oxygen atoms in total. The number of aromatic nitrogens is 2. The van der Waals surface area contributed by atoms with E-state index >= 15 is 0 Å². The van der Waals surface area contributed by atoms with Crippen LogP contribution < -0.4 is 10.2 Å². The highest BCUT2D eigenvalue weighted by atomic mass is 19.1. The maximum absolute atomic E-state index is 13.4. The maximum atomic E-state index is 13.4. The van der Waals surface area contributed by atoms with Gasteiger partial charge in [0.15, 0.2) is 0 Å². The molecule has 1 atom stereocenters. The fourth-order valence-electron chi connectivity index (χ4n) is 2.87. The molecule has 1 aliphatic heterocycles. The van der Waals surface area contributed by atoms with E-state index in [-0.39, 0.29) is 17.9 Å². The summed E-state index contributed by atoms with van der Waals surface area (Å²) in [5.41, 5.74) is 1.41. The predicted molar refractivity (Wildman–Crippen MR) is 99.5 cm³/mol. The molecule has 2 aromatic rings. The average molecular weight is 357 g/mol. The van der Waals surface area contributed by atoms with Crippen molar-refractivity contribution in [2.45, 2.75) is 26.3 Å². The minimum atomic E-state index is -0.288. The zero-order valence-electron chi connectivity index (χ0n) is 15.2. The lowest BCUT2D eigenvalue weighted by molar-refractivity contribution is 0.190. The van der Waals surface area contributed by atoms with Gasteiger partial charge in [0.2, 0.25) is 0 Å². The lowest BCUT2D eigenvalue weighted by atomic mass is 10.1. The van der Waals surface area contributed by atoms with Crippen LogP contribution in [0.25, 0.3) is 11.3 Å². The van der Waals surface area contributed by atoms with Crippen LogP contribution in [0.3, 0.4) is 0 Å². The van der Waals surface area contributed by atoms with Gasteiger partial charge in [-0.15, -0.1) is 0 Å². The summed E-state index contributed by atoms with van der Waals surface area (Å²) >= 11 is 0. The Hall–Kier alpha value is -2.70. The highest BCUT2D eigenvalue weighted by Crippen LogP contribution is 2.22. The van der Waals surface area contributed by atoms with Crippen LogP contribution in [-0.2, 0) is 0 Å². The minimum Gasteiger partial charge on any atom is -0.353 e. The Labute approximate surface area is 153 Å². The molecule has 1 fully saturated rings. The van der Waals surface area contributed by atoms with Gasteiger partial charge >= 0.3 is 6.03 Å². The molecule has 1 aliphatic rings. The number of hydrogen-bond acceptors (Lipinski definition) is 4. The molecule has 1 N–H and O–H groups in total. The first-order chi connectivity index (χ1) is 12.6. The van der Waals surface area contributed by atoms with Crippen molar-refractivity contribution in [3.8, 4) is 11.3 Å². The van der Waals surface area contributed by atoms with Crippen LogP contribution in [0.5, 0.6) is 0 Å². The molecule has 0 radical (unpaired) electrons. The number of anilines is 1. The van der Waals surface area contributed by atoms with Crippen LogP contribution in [0.4, 0.5) is 15.0 Å². The zero-order chi connectivity index (χ0) is 18.5. The number of carbonyl (C=O) groups excluding carboxylic acids is 1. The standard InChI is InChI=1S/C19H24FN5O/c1-3-14(2)23-19(26)25-9-7-24(8-10-25)18-12-17(21-13-22-18)15-5-4-6-16(20)11-15/h4-6,11-14H,3,7-10H2,1-2H3,(H,23,26). The highest BCUT2D eigenvalue weighted by Gasteiger charge is 2.22. The van der Waals surface area contributed by atoms with Gasteiger partial charge in [-0.25, -0.2) is 19.2 Å². The van der Waals surface area contributed by atoms with E-state index in [1.807, 2.05) is 30.9 Å². The second kappa shape index (κ2) is 8.12. The van der Waals surface area contributed by atoms with E-state index in [9.17, 15) is 9.18 Å². The fraction of sp³-hybridized carbons (Fsp3) is 0.421. The molecule has 2 amide bonds. The van der Waals surface area contributed by atoms with E-state index in [1.165, 1.54) is 18.5 Å². The third-order valence-electron chi connectivity index (χ3n) is 4.65. The molecule has 1 aromatic heterocycles. The summed E-state index contributed by atoms with van der Waals surface area (Å²) in [6.45, 7) is 6.74. The molecule has 0 saturated carbocycles. The summed E-state index contributed by atoms with van der Waals surface area (Å²) in [7, 11) is 0. The average Bonchev–Trinajstić information content (AvgIpc) is 2.68. The molecular weight excluding hydrogens is 333 g/mol. The number of halogens is 1. The molecule has 7 heteroatoms. The van der Waals surface area contributed by atoms with E-state index < -0.39 is 0 Å². The third-order valence-corrected chi connectivity index (χ3v) is 4.65. The molecule has 3 rings (SSSR count). The molecule has 1 aromatic carbocycles.